The summed E-state index contributed by atoms with van der Waals surface area (Å²) in [5.41, 5.74) is 0.190. The summed E-state index contributed by atoms with van der Waals surface area (Å²) in [4.78, 5) is 11.7. The Labute approximate surface area is 169 Å². The van der Waals surface area contributed by atoms with E-state index in [0.717, 1.165) is 18.2 Å². The third-order valence-electron chi connectivity index (χ3n) is 4.36. The molecule has 0 aliphatic heterocycles. The first-order valence-corrected chi connectivity index (χ1v) is 9.23. The maximum atomic E-state index is 14.2. The molecule has 3 aromatic rings. The Morgan fingerprint density at radius 1 is 1.21 bits per heavy atom. The molecule has 0 atom stereocenters. The van der Waals surface area contributed by atoms with Crippen LogP contribution in [0.4, 0.5) is 17.6 Å². The lowest BCUT2D eigenvalue weighted by molar-refractivity contribution is -0.143. The van der Waals surface area contributed by atoms with Crippen LogP contribution in [0.5, 0.6) is 0 Å². The van der Waals surface area contributed by atoms with Crippen molar-refractivity contribution in [3.63, 3.8) is 0 Å². The van der Waals surface area contributed by atoms with Gasteiger partial charge in [-0.15, -0.1) is 0 Å². The molecular formula is C20H17ClF4N2O2. The number of ether oxygens (including phenoxy) is 1. The van der Waals surface area contributed by atoms with Gasteiger partial charge in [0.2, 0.25) is 0 Å². The number of rotatable bonds is 6. The number of carbonyl (C=O) groups excluding carboxylic acids is 1. The fraction of sp³-hybridized carbons (Fsp3) is 0.300. The predicted octanol–water partition coefficient (Wildman–Crippen LogP) is 5.39. The Bertz CT molecular complexity index is 1050. The highest BCUT2D eigenvalue weighted by Crippen LogP contribution is 2.33. The van der Waals surface area contributed by atoms with Crippen molar-refractivity contribution in [3.05, 3.63) is 64.1 Å². The van der Waals surface area contributed by atoms with Crippen LogP contribution in [0.2, 0.25) is 5.02 Å². The first-order chi connectivity index (χ1) is 13.7. The van der Waals surface area contributed by atoms with Gasteiger partial charge >= 0.3 is 12.1 Å². The van der Waals surface area contributed by atoms with Gasteiger partial charge in [0, 0.05) is 22.4 Å². The molecule has 3 rings (SSSR count). The lowest BCUT2D eigenvalue weighted by Gasteiger charge is -2.08. The fourth-order valence-electron chi connectivity index (χ4n) is 2.99. The zero-order valence-corrected chi connectivity index (χ0v) is 16.1. The minimum atomic E-state index is -4.52. The van der Waals surface area contributed by atoms with Gasteiger partial charge in [-0.3, -0.25) is 9.48 Å². The Kier molecular flexibility index (Phi) is 6.12. The van der Waals surface area contributed by atoms with Crippen molar-refractivity contribution >= 4 is 28.5 Å². The first-order valence-electron chi connectivity index (χ1n) is 8.85. The van der Waals surface area contributed by atoms with Crippen LogP contribution >= 0.6 is 11.6 Å². The number of hydrogen-bond donors (Lipinski definition) is 0. The van der Waals surface area contributed by atoms with Gasteiger partial charge in [-0.25, -0.2) is 4.39 Å². The molecule has 0 saturated carbocycles. The van der Waals surface area contributed by atoms with Crippen LogP contribution in [0.1, 0.15) is 30.2 Å². The smallest absolute Gasteiger partial charge is 0.416 e. The number of aryl methyl sites for hydroxylation is 1. The van der Waals surface area contributed by atoms with E-state index in [4.69, 9.17) is 16.3 Å². The number of halogens is 5. The Morgan fingerprint density at radius 3 is 2.62 bits per heavy atom. The highest BCUT2D eigenvalue weighted by molar-refractivity contribution is 6.30. The van der Waals surface area contributed by atoms with E-state index in [1.54, 1.807) is 6.92 Å². The van der Waals surface area contributed by atoms with Gasteiger partial charge in [0.1, 0.15) is 5.82 Å². The number of hydrogen-bond acceptors (Lipinski definition) is 3. The molecule has 4 nitrogen and oxygen atoms in total. The Hall–Kier alpha value is -2.61. The molecule has 0 unspecified atom stereocenters. The normalized spacial score (nSPS) is 11.8. The summed E-state index contributed by atoms with van der Waals surface area (Å²) < 4.78 is 59.9. The third-order valence-corrected chi connectivity index (χ3v) is 4.60. The molecule has 2 aromatic carbocycles. The van der Waals surface area contributed by atoms with Crippen LogP contribution in [0.3, 0.4) is 0 Å². The molecule has 0 aliphatic rings. The van der Waals surface area contributed by atoms with Crippen molar-refractivity contribution in [2.24, 2.45) is 0 Å². The van der Waals surface area contributed by atoms with E-state index in [1.165, 1.54) is 22.9 Å². The molecule has 0 fully saturated rings. The second kappa shape index (κ2) is 8.41. The number of nitrogens with zero attached hydrogens (tertiary/aromatic N) is 2. The molecule has 0 spiro atoms. The monoisotopic (exact) mass is 428 g/mol. The van der Waals surface area contributed by atoms with Gasteiger partial charge in [-0.2, -0.15) is 18.3 Å². The zero-order valence-electron chi connectivity index (χ0n) is 15.4. The number of aromatic nitrogens is 2. The quantitative estimate of drug-likeness (QED) is 0.390. The summed E-state index contributed by atoms with van der Waals surface area (Å²) in [6, 6.07) is 7.42. The van der Waals surface area contributed by atoms with E-state index < -0.39 is 23.5 Å². The van der Waals surface area contributed by atoms with E-state index in [0.29, 0.717) is 11.2 Å². The van der Waals surface area contributed by atoms with Gasteiger partial charge in [0.15, 0.2) is 0 Å². The minimum Gasteiger partial charge on any atom is -0.466 e. The molecule has 154 valence electrons. The Morgan fingerprint density at radius 2 is 1.97 bits per heavy atom. The maximum absolute atomic E-state index is 14.2. The van der Waals surface area contributed by atoms with Crippen LogP contribution < -0.4 is 0 Å². The average Bonchev–Trinajstić information content (AvgIpc) is 2.99. The summed E-state index contributed by atoms with van der Waals surface area (Å²) in [6.45, 7) is 1.88. The molecule has 1 heterocycles. The summed E-state index contributed by atoms with van der Waals surface area (Å²) >= 11 is 5.76. The van der Waals surface area contributed by atoms with Crippen LogP contribution in [-0.2, 0) is 28.7 Å². The van der Waals surface area contributed by atoms with E-state index >= 15 is 0 Å². The SMILES string of the molecule is CCOC(=O)CCc1nn(Cc2ccc(Cl)cc2F)c2ccc(C(F)(F)F)cc12. The van der Waals surface area contributed by atoms with Crippen molar-refractivity contribution < 1.29 is 27.1 Å². The van der Waals surface area contributed by atoms with Crippen LogP contribution in [0, 0.1) is 5.82 Å². The molecule has 9 heteroatoms. The van der Waals surface area contributed by atoms with Gasteiger partial charge in [0.05, 0.1) is 36.3 Å². The first kappa shape index (κ1) is 21.1. The molecule has 0 aliphatic carbocycles. The van der Waals surface area contributed by atoms with Crippen molar-refractivity contribution in [2.45, 2.75) is 32.5 Å². The summed E-state index contributed by atoms with van der Waals surface area (Å²) in [7, 11) is 0. The molecule has 1 aromatic heterocycles. The molecule has 0 saturated heterocycles. The van der Waals surface area contributed by atoms with Gasteiger partial charge in [-0.1, -0.05) is 17.7 Å². The van der Waals surface area contributed by atoms with Crippen molar-refractivity contribution in [2.75, 3.05) is 6.61 Å². The van der Waals surface area contributed by atoms with Crippen LogP contribution in [0.15, 0.2) is 36.4 Å². The number of fused-ring (bicyclic) bond motifs is 1. The lowest BCUT2D eigenvalue weighted by Crippen LogP contribution is -2.07. The van der Waals surface area contributed by atoms with Crippen molar-refractivity contribution in [1.82, 2.24) is 9.78 Å². The van der Waals surface area contributed by atoms with Gasteiger partial charge < -0.3 is 4.74 Å². The van der Waals surface area contributed by atoms with E-state index in [-0.39, 0.29) is 42.0 Å². The molecule has 0 amide bonds. The lowest BCUT2D eigenvalue weighted by atomic mass is 10.1. The van der Waals surface area contributed by atoms with Gasteiger partial charge in [0.25, 0.3) is 0 Å². The van der Waals surface area contributed by atoms with E-state index in [9.17, 15) is 22.4 Å². The van der Waals surface area contributed by atoms with Crippen LogP contribution in [0.25, 0.3) is 10.9 Å². The van der Waals surface area contributed by atoms with E-state index in [1.807, 2.05) is 0 Å². The summed E-state index contributed by atoms with van der Waals surface area (Å²) in [5, 5.41) is 4.85. The minimum absolute atomic E-state index is 0.00424. The number of esters is 1. The standard InChI is InChI=1S/C20H17ClF4N2O2/c1-2-29-19(28)8-6-17-15-9-13(20(23,24)25)4-7-18(15)27(26-17)11-12-3-5-14(21)10-16(12)22/h3-5,7,9-10H,2,6,8,11H2,1H3. The topological polar surface area (TPSA) is 44.1 Å². The third kappa shape index (κ3) is 4.87. The van der Waals surface area contributed by atoms with Crippen LogP contribution in [-0.4, -0.2) is 22.4 Å². The van der Waals surface area contributed by atoms with Crippen molar-refractivity contribution in [3.8, 4) is 0 Å². The maximum Gasteiger partial charge on any atom is 0.416 e. The highest BCUT2D eigenvalue weighted by Gasteiger charge is 2.31. The molecule has 29 heavy (non-hydrogen) atoms. The number of benzene rings is 2. The van der Waals surface area contributed by atoms with Gasteiger partial charge in [-0.05, 0) is 37.3 Å². The number of alkyl halides is 3. The summed E-state index contributed by atoms with van der Waals surface area (Å²) in [5.74, 6) is -1.01. The summed E-state index contributed by atoms with van der Waals surface area (Å²) in [6.07, 6.45) is -4.44. The molecule has 0 radical (unpaired) electrons. The highest BCUT2D eigenvalue weighted by atomic mass is 35.5. The Balaban J connectivity index is 2.01. The predicted molar refractivity (Wildman–Crippen MR) is 100 cm³/mol. The average molecular weight is 429 g/mol. The zero-order chi connectivity index (χ0) is 21.2. The second-order valence-electron chi connectivity index (χ2n) is 6.37. The van der Waals surface area contributed by atoms with Crippen molar-refractivity contribution in [1.29, 1.82) is 0 Å². The fourth-order valence-corrected chi connectivity index (χ4v) is 3.15. The molecule has 0 bridgehead atoms. The van der Waals surface area contributed by atoms with E-state index in [2.05, 4.69) is 5.10 Å². The largest absolute Gasteiger partial charge is 0.466 e. The molecular weight excluding hydrogens is 412 g/mol. The second-order valence-corrected chi connectivity index (χ2v) is 6.81. The molecule has 0 N–H and O–H groups in total. The number of carbonyl (C=O) groups is 1.